The molecule has 0 aliphatic carbocycles. The van der Waals surface area contributed by atoms with Crippen LogP contribution in [0.15, 0.2) is 42.6 Å². The third-order valence-electron chi connectivity index (χ3n) is 3.83. The minimum atomic E-state index is -0.533. The Hall–Kier alpha value is -3.68. The van der Waals surface area contributed by atoms with Gasteiger partial charge in [0.2, 0.25) is 0 Å². The van der Waals surface area contributed by atoms with Crippen molar-refractivity contribution in [2.75, 3.05) is 7.11 Å². The second-order valence-electron chi connectivity index (χ2n) is 6.07. The molecule has 0 saturated carbocycles. The van der Waals surface area contributed by atoms with Gasteiger partial charge in [-0.05, 0) is 19.1 Å². The Bertz CT molecular complexity index is 988. The molecule has 3 aromatic rings. The second kappa shape index (κ2) is 7.91. The van der Waals surface area contributed by atoms with Crippen molar-refractivity contribution in [3.05, 3.63) is 48.2 Å². The Morgan fingerprint density at radius 3 is 2.04 bits per heavy atom. The number of hydrogen-bond donors (Lipinski definition) is 0. The molecule has 8 nitrogen and oxygen atoms in total. The molecule has 0 bridgehead atoms. The lowest BCUT2D eigenvalue weighted by Gasteiger charge is -2.13. The normalized spacial score (nSPS) is 10.4. The fraction of sp³-hybridized carbons (Fsp3) is 0.200. The zero-order valence-electron chi connectivity index (χ0n) is 15.9. The van der Waals surface area contributed by atoms with E-state index in [0.29, 0.717) is 17.0 Å². The van der Waals surface area contributed by atoms with Gasteiger partial charge in [-0.25, -0.2) is 4.68 Å². The third kappa shape index (κ3) is 4.17. The van der Waals surface area contributed by atoms with Gasteiger partial charge in [0.1, 0.15) is 22.9 Å². The lowest BCUT2D eigenvalue weighted by molar-refractivity contribution is -0.132. The standard InChI is InChI=1S/C20H19N3O5/c1-12-5-7-15(8-6-12)23-11-17(21-22-23)20-18(27-13(2)24)9-16(26-4)10-19(20)28-14(3)25/h5-11H,1-4H3. The van der Waals surface area contributed by atoms with Crippen LogP contribution in [-0.2, 0) is 9.59 Å². The van der Waals surface area contributed by atoms with Crippen LogP contribution in [0.2, 0.25) is 0 Å². The first-order valence-corrected chi connectivity index (χ1v) is 8.46. The Kier molecular flexibility index (Phi) is 5.39. The van der Waals surface area contributed by atoms with Crippen LogP contribution in [0.3, 0.4) is 0 Å². The summed E-state index contributed by atoms with van der Waals surface area (Å²) < 4.78 is 17.4. The number of rotatable bonds is 5. The number of aromatic nitrogens is 3. The number of carbonyl (C=O) groups excluding carboxylic acids is 2. The van der Waals surface area contributed by atoms with E-state index >= 15 is 0 Å². The predicted octanol–water partition coefficient (Wildman–Crippen LogP) is 3.10. The van der Waals surface area contributed by atoms with E-state index < -0.39 is 11.9 Å². The summed E-state index contributed by atoms with van der Waals surface area (Å²) in [5, 5.41) is 8.30. The molecular formula is C20H19N3O5. The average molecular weight is 381 g/mol. The van der Waals surface area contributed by atoms with Crippen LogP contribution in [-0.4, -0.2) is 34.0 Å². The quantitative estimate of drug-likeness (QED) is 0.495. The molecular weight excluding hydrogens is 362 g/mol. The van der Waals surface area contributed by atoms with Crippen LogP contribution in [0.25, 0.3) is 16.9 Å². The smallest absolute Gasteiger partial charge is 0.308 e. The molecule has 0 aliphatic rings. The maximum atomic E-state index is 11.6. The molecule has 1 aromatic heterocycles. The van der Waals surface area contributed by atoms with Gasteiger partial charge in [0.05, 0.1) is 24.6 Å². The molecule has 144 valence electrons. The van der Waals surface area contributed by atoms with E-state index in [2.05, 4.69) is 10.3 Å². The maximum absolute atomic E-state index is 11.6. The highest BCUT2D eigenvalue weighted by Crippen LogP contribution is 2.41. The van der Waals surface area contributed by atoms with Gasteiger partial charge >= 0.3 is 11.9 Å². The Labute approximate surface area is 161 Å². The molecule has 0 saturated heterocycles. The minimum Gasteiger partial charge on any atom is -0.496 e. The molecule has 0 amide bonds. The van der Waals surface area contributed by atoms with Crippen molar-refractivity contribution in [2.45, 2.75) is 20.8 Å². The zero-order valence-corrected chi connectivity index (χ0v) is 15.9. The summed E-state index contributed by atoms with van der Waals surface area (Å²) in [4.78, 5) is 23.2. The molecule has 1 heterocycles. The first-order valence-electron chi connectivity index (χ1n) is 8.46. The summed E-state index contributed by atoms with van der Waals surface area (Å²) in [6, 6.07) is 10.8. The minimum absolute atomic E-state index is 0.152. The van der Waals surface area contributed by atoms with Crippen LogP contribution in [0.5, 0.6) is 17.2 Å². The number of benzene rings is 2. The van der Waals surface area contributed by atoms with Crippen LogP contribution in [0.1, 0.15) is 19.4 Å². The van der Waals surface area contributed by atoms with Gasteiger partial charge in [0.25, 0.3) is 0 Å². The Morgan fingerprint density at radius 2 is 1.54 bits per heavy atom. The number of aryl methyl sites for hydroxylation is 1. The van der Waals surface area contributed by atoms with E-state index in [1.54, 1.807) is 10.9 Å². The molecule has 0 unspecified atom stereocenters. The monoisotopic (exact) mass is 381 g/mol. The molecule has 8 heteroatoms. The van der Waals surface area contributed by atoms with Crippen molar-refractivity contribution >= 4 is 11.9 Å². The molecule has 0 aliphatic heterocycles. The van der Waals surface area contributed by atoms with Gasteiger partial charge in [-0.15, -0.1) is 5.10 Å². The molecule has 28 heavy (non-hydrogen) atoms. The first kappa shape index (κ1) is 19.1. The lowest BCUT2D eigenvalue weighted by atomic mass is 10.1. The van der Waals surface area contributed by atoms with Gasteiger partial charge in [-0.2, -0.15) is 0 Å². The third-order valence-corrected chi connectivity index (χ3v) is 3.83. The molecule has 3 rings (SSSR count). The van der Waals surface area contributed by atoms with Gasteiger partial charge in [0, 0.05) is 26.0 Å². The molecule has 0 radical (unpaired) electrons. The van der Waals surface area contributed by atoms with Crippen molar-refractivity contribution < 1.29 is 23.8 Å². The van der Waals surface area contributed by atoms with Crippen molar-refractivity contribution in [1.82, 2.24) is 15.0 Å². The predicted molar refractivity (Wildman–Crippen MR) is 101 cm³/mol. The lowest BCUT2D eigenvalue weighted by Crippen LogP contribution is -2.07. The van der Waals surface area contributed by atoms with Crippen molar-refractivity contribution in [3.63, 3.8) is 0 Å². The van der Waals surface area contributed by atoms with E-state index in [1.165, 1.54) is 33.1 Å². The topological polar surface area (TPSA) is 92.5 Å². The van der Waals surface area contributed by atoms with Gasteiger partial charge in [0.15, 0.2) is 0 Å². The number of carbonyl (C=O) groups is 2. The molecule has 0 fully saturated rings. The molecule has 0 N–H and O–H groups in total. The van der Waals surface area contributed by atoms with Gasteiger partial charge in [-0.3, -0.25) is 9.59 Å². The summed E-state index contributed by atoms with van der Waals surface area (Å²) in [5.41, 5.74) is 2.62. The van der Waals surface area contributed by atoms with Gasteiger partial charge < -0.3 is 14.2 Å². The summed E-state index contributed by atoms with van der Waals surface area (Å²) >= 11 is 0. The molecule has 0 atom stereocenters. The second-order valence-corrected chi connectivity index (χ2v) is 6.07. The summed E-state index contributed by atoms with van der Waals surface area (Å²) in [6.45, 7) is 4.54. The number of methoxy groups -OCH3 is 1. The highest BCUT2D eigenvalue weighted by atomic mass is 16.5. The largest absolute Gasteiger partial charge is 0.496 e. The van der Waals surface area contributed by atoms with E-state index in [-0.39, 0.29) is 11.5 Å². The van der Waals surface area contributed by atoms with Crippen LogP contribution >= 0.6 is 0 Å². The Balaban J connectivity index is 2.14. The van der Waals surface area contributed by atoms with Gasteiger partial charge in [-0.1, -0.05) is 22.9 Å². The van der Waals surface area contributed by atoms with Crippen LogP contribution in [0.4, 0.5) is 0 Å². The van der Waals surface area contributed by atoms with Crippen molar-refractivity contribution in [2.24, 2.45) is 0 Å². The molecule has 2 aromatic carbocycles. The number of esters is 2. The highest BCUT2D eigenvalue weighted by Gasteiger charge is 2.21. The zero-order chi connectivity index (χ0) is 20.3. The SMILES string of the molecule is COc1cc(OC(C)=O)c(-c2cn(-c3ccc(C)cc3)nn2)c(OC(C)=O)c1. The van der Waals surface area contributed by atoms with E-state index in [0.717, 1.165) is 11.3 Å². The fourth-order valence-electron chi connectivity index (χ4n) is 2.61. The number of hydrogen-bond acceptors (Lipinski definition) is 7. The summed E-state index contributed by atoms with van der Waals surface area (Å²) in [7, 11) is 1.46. The van der Waals surface area contributed by atoms with Crippen LogP contribution < -0.4 is 14.2 Å². The van der Waals surface area contributed by atoms with E-state index in [9.17, 15) is 9.59 Å². The number of ether oxygens (including phenoxy) is 3. The maximum Gasteiger partial charge on any atom is 0.308 e. The summed E-state index contributed by atoms with van der Waals surface area (Å²) in [6.07, 6.45) is 1.66. The van der Waals surface area contributed by atoms with E-state index in [4.69, 9.17) is 14.2 Å². The van der Waals surface area contributed by atoms with Crippen LogP contribution in [0, 0.1) is 6.92 Å². The molecule has 0 spiro atoms. The average Bonchev–Trinajstić information content (AvgIpc) is 3.10. The fourth-order valence-corrected chi connectivity index (χ4v) is 2.61. The van der Waals surface area contributed by atoms with Crippen molar-refractivity contribution in [1.29, 1.82) is 0 Å². The van der Waals surface area contributed by atoms with Crippen molar-refractivity contribution in [3.8, 4) is 34.2 Å². The summed E-state index contributed by atoms with van der Waals surface area (Å²) in [5.74, 6) is -0.399. The highest BCUT2D eigenvalue weighted by molar-refractivity contribution is 5.82. The first-order chi connectivity index (χ1) is 13.4. The number of nitrogens with zero attached hydrogens (tertiary/aromatic N) is 3. The van der Waals surface area contributed by atoms with E-state index in [1.807, 2.05) is 31.2 Å². The Morgan fingerprint density at radius 1 is 0.964 bits per heavy atom.